The van der Waals surface area contributed by atoms with E-state index in [0.717, 1.165) is 0 Å². The SMILES string of the molecule is CC(C)CO[SH](=O)=O. The molecule has 0 amide bonds. The zero-order valence-electron chi connectivity index (χ0n) is 4.96. The van der Waals surface area contributed by atoms with Crippen molar-refractivity contribution in [1.82, 2.24) is 0 Å². The van der Waals surface area contributed by atoms with E-state index in [1.165, 1.54) is 0 Å². The molecule has 50 valence electrons. The van der Waals surface area contributed by atoms with Crippen LogP contribution in [0.1, 0.15) is 13.8 Å². The monoisotopic (exact) mass is 138 g/mol. The van der Waals surface area contributed by atoms with Crippen LogP contribution in [0.4, 0.5) is 0 Å². The van der Waals surface area contributed by atoms with Crippen molar-refractivity contribution in [2.24, 2.45) is 5.92 Å². The largest absolute Gasteiger partial charge is 0.272 e. The molecule has 0 saturated carbocycles. The van der Waals surface area contributed by atoms with Crippen LogP contribution in [-0.2, 0) is 15.2 Å². The Morgan fingerprint density at radius 2 is 2.00 bits per heavy atom. The molecular formula is C4H10O3S. The van der Waals surface area contributed by atoms with E-state index in [4.69, 9.17) is 0 Å². The van der Waals surface area contributed by atoms with E-state index in [1.807, 2.05) is 13.8 Å². The van der Waals surface area contributed by atoms with Gasteiger partial charge < -0.3 is 0 Å². The fraction of sp³-hybridized carbons (Fsp3) is 1.00. The molecule has 0 bridgehead atoms. The van der Waals surface area contributed by atoms with Gasteiger partial charge >= 0.3 is 0 Å². The molecular weight excluding hydrogens is 128 g/mol. The van der Waals surface area contributed by atoms with Gasteiger partial charge in [-0.25, -0.2) is 8.42 Å². The molecule has 0 fully saturated rings. The number of hydrogen-bond donors (Lipinski definition) is 1. The molecule has 0 unspecified atom stereocenters. The molecule has 0 saturated heterocycles. The van der Waals surface area contributed by atoms with E-state index >= 15 is 0 Å². The summed E-state index contributed by atoms with van der Waals surface area (Å²) in [6.45, 7) is 4.07. The summed E-state index contributed by atoms with van der Waals surface area (Å²) in [7, 11) is -2.63. The molecule has 0 aromatic heterocycles. The third-order valence-corrected chi connectivity index (χ3v) is 0.873. The first kappa shape index (κ1) is 7.91. The fourth-order valence-corrected chi connectivity index (χ4v) is 0.630. The molecule has 3 nitrogen and oxygen atoms in total. The Morgan fingerprint density at radius 1 is 1.50 bits per heavy atom. The lowest BCUT2D eigenvalue weighted by molar-refractivity contribution is 0.287. The number of thiol groups is 1. The van der Waals surface area contributed by atoms with Gasteiger partial charge in [0.15, 0.2) is 0 Å². The third kappa shape index (κ3) is 5.91. The molecule has 0 heterocycles. The van der Waals surface area contributed by atoms with E-state index in [2.05, 4.69) is 4.18 Å². The van der Waals surface area contributed by atoms with Crippen LogP contribution in [0.25, 0.3) is 0 Å². The highest BCUT2D eigenvalue weighted by atomic mass is 32.2. The standard InChI is InChI=1S/C4H10O3S/c1-4(2)3-7-8(5)6/h4,8H,3H2,1-2H3. The first-order valence-electron chi connectivity index (χ1n) is 2.40. The van der Waals surface area contributed by atoms with Crippen LogP contribution in [0.2, 0.25) is 0 Å². The molecule has 0 atom stereocenters. The van der Waals surface area contributed by atoms with Gasteiger partial charge in [-0.2, -0.15) is 0 Å². The van der Waals surface area contributed by atoms with Gasteiger partial charge in [0.25, 0.3) is 11.0 Å². The van der Waals surface area contributed by atoms with Gasteiger partial charge in [-0.15, -0.1) is 0 Å². The minimum atomic E-state index is -2.63. The minimum Gasteiger partial charge on any atom is -0.272 e. The molecule has 0 radical (unpaired) electrons. The molecule has 0 spiro atoms. The van der Waals surface area contributed by atoms with Crippen LogP contribution in [-0.4, -0.2) is 15.0 Å². The van der Waals surface area contributed by atoms with Crippen molar-refractivity contribution in [1.29, 1.82) is 0 Å². The maximum atomic E-state index is 9.72. The number of rotatable bonds is 3. The first-order chi connectivity index (χ1) is 3.63. The van der Waals surface area contributed by atoms with Gasteiger partial charge in [0.2, 0.25) is 0 Å². The predicted octanol–water partition coefficient (Wildman–Crippen LogP) is 0.185. The number of hydrogen-bond acceptors (Lipinski definition) is 3. The summed E-state index contributed by atoms with van der Waals surface area (Å²) in [6, 6.07) is 0. The van der Waals surface area contributed by atoms with Gasteiger partial charge in [0.05, 0.1) is 6.61 Å². The van der Waals surface area contributed by atoms with E-state index in [1.54, 1.807) is 0 Å². The van der Waals surface area contributed by atoms with Gasteiger partial charge in [-0.3, -0.25) is 4.18 Å². The van der Waals surface area contributed by atoms with Crippen molar-refractivity contribution in [3.63, 3.8) is 0 Å². The van der Waals surface area contributed by atoms with Crippen LogP contribution < -0.4 is 0 Å². The Balaban J connectivity index is 3.18. The van der Waals surface area contributed by atoms with Crippen LogP contribution in [0.3, 0.4) is 0 Å². The van der Waals surface area contributed by atoms with Gasteiger partial charge in [-0.1, -0.05) is 13.8 Å². The van der Waals surface area contributed by atoms with Crippen LogP contribution >= 0.6 is 0 Å². The maximum Gasteiger partial charge on any atom is 0.257 e. The Morgan fingerprint density at radius 3 is 2.12 bits per heavy atom. The Labute approximate surface area is 50.8 Å². The summed E-state index contributed by atoms with van der Waals surface area (Å²) in [5.74, 6) is 0.280. The molecule has 0 aliphatic heterocycles. The molecule has 0 aliphatic carbocycles. The summed E-state index contributed by atoms with van der Waals surface area (Å²) >= 11 is 0. The zero-order chi connectivity index (χ0) is 6.57. The van der Waals surface area contributed by atoms with Crippen LogP contribution in [0.15, 0.2) is 0 Å². The second-order valence-electron chi connectivity index (χ2n) is 1.91. The fourth-order valence-electron chi connectivity index (χ4n) is 0.210. The quantitative estimate of drug-likeness (QED) is 0.566. The second kappa shape index (κ2) is 3.86. The van der Waals surface area contributed by atoms with E-state index in [-0.39, 0.29) is 5.92 Å². The van der Waals surface area contributed by atoms with Crippen molar-refractivity contribution in [3.8, 4) is 0 Å². The van der Waals surface area contributed by atoms with Crippen molar-refractivity contribution in [3.05, 3.63) is 0 Å². The lowest BCUT2D eigenvalue weighted by Crippen LogP contribution is -1.99. The molecule has 0 aromatic carbocycles. The second-order valence-corrected chi connectivity index (χ2v) is 2.62. The molecule has 0 aromatic rings. The van der Waals surface area contributed by atoms with E-state index < -0.39 is 11.0 Å². The van der Waals surface area contributed by atoms with Gasteiger partial charge in [0, 0.05) is 0 Å². The molecule has 8 heavy (non-hydrogen) atoms. The molecule has 0 rings (SSSR count). The van der Waals surface area contributed by atoms with E-state index in [0.29, 0.717) is 6.61 Å². The van der Waals surface area contributed by atoms with Crippen molar-refractivity contribution < 1.29 is 12.6 Å². The summed E-state index contributed by atoms with van der Waals surface area (Å²) < 4.78 is 23.7. The summed E-state index contributed by atoms with van der Waals surface area (Å²) in [5.41, 5.74) is 0. The lowest BCUT2D eigenvalue weighted by Gasteiger charge is -1.97. The Kier molecular flexibility index (Phi) is 3.81. The van der Waals surface area contributed by atoms with Crippen molar-refractivity contribution >= 4 is 11.0 Å². The average molecular weight is 138 g/mol. The molecule has 0 N–H and O–H groups in total. The molecule has 0 aliphatic rings. The zero-order valence-corrected chi connectivity index (χ0v) is 5.85. The highest BCUT2D eigenvalue weighted by Gasteiger charge is 1.91. The lowest BCUT2D eigenvalue weighted by atomic mass is 10.2. The predicted molar refractivity (Wildman–Crippen MR) is 31.1 cm³/mol. The minimum absolute atomic E-state index is 0.280. The third-order valence-electron chi connectivity index (χ3n) is 0.513. The van der Waals surface area contributed by atoms with Crippen LogP contribution in [0.5, 0.6) is 0 Å². The normalized spacial score (nSPS) is 11.0. The average Bonchev–Trinajstić information content (AvgIpc) is 1.61. The summed E-state index contributed by atoms with van der Waals surface area (Å²) in [6.07, 6.45) is 0. The molecule has 4 heteroatoms. The Bertz CT molecular complexity index is 108. The summed E-state index contributed by atoms with van der Waals surface area (Å²) in [5, 5.41) is 0. The smallest absolute Gasteiger partial charge is 0.257 e. The highest BCUT2D eigenvalue weighted by molar-refractivity contribution is 7.67. The first-order valence-corrected chi connectivity index (χ1v) is 3.49. The highest BCUT2D eigenvalue weighted by Crippen LogP contribution is 1.90. The maximum absolute atomic E-state index is 9.72. The van der Waals surface area contributed by atoms with E-state index in [9.17, 15) is 8.42 Å². The van der Waals surface area contributed by atoms with Gasteiger partial charge in [0.1, 0.15) is 0 Å². The van der Waals surface area contributed by atoms with Crippen molar-refractivity contribution in [2.75, 3.05) is 6.61 Å². The summed E-state index contributed by atoms with van der Waals surface area (Å²) in [4.78, 5) is 0. The van der Waals surface area contributed by atoms with Crippen molar-refractivity contribution in [2.45, 2.75) is 13.8 Å². The van der Waals surface area contributed by atoms with Gasteiger partial charge in [-0.05, 0) is 5.92 Å². The van der Waals surface area contributed by atoms with Crippen LogP contribution in [0, 0.1) is 5.92 Å². The topological polar surface area (TPSA) is 43.4 Å². The Hall–Kier alpha value is -0.0900.